The molecular formula is C17H15N3O6S. The van der Waals surface area contributed by atoms with Gasteiger partial charge in [-0.3, -0.25) is 19.7 Å². The first kappa shape index (κ1) is 18.5. The number of hydrogen-bond acceptors (Lipinski definition) is 6. The lowest BCUT2D eigenvalue weighted by Crippen LogP contribution is -2.33. The molecule has 1 aliphatic rings. The van der Waals surface area contributed by atoms with Crippen molar-refractivity contribution in [1.29, 1.82) is 0 Å². The van der Waals surface area contributed by atoms with Crippen LogP contribution < -0.4 is 5.32 Å². The van der Waals surface area contributed by atoms with Gasteiger partial charge in [-0.25, -0.2) is 12.7 Å². The Morgan fingerprint density at radius 1 is 1.22 bits per heavy atom. The summed E-state index contributed by atoms with van der Waals surface area (Å²) < 4.78 is 25.5. The van der Waals surface area contributed by atoms with Crippen molar-refractivity contribution in [1.82, 2.24) is 4.31 Å². The zero-order chi connectivity index (χ0) is 19.8. The predicted octanol–water partition coefficient (Wildman–Crippen LogP) is 2.08. The highest BCUT2D eigenvalue weighted by Crippen LogP contribution is 2.30. The van der Waals surface area contributed by atoms with Crippen molar-refractivity contribution in [2.24, 2.45) is 0 Å². The number of amides is 2. The largest absolute Gasteiger partial charge is 0.320 e. The second kappa shape index (κ2) is 6.80. The summed E-state index contributed by atoms with van der Waals surface area (Å²) >= 11 is 0. The van der Waals surface area contributed by atoms with Crippen molar-refractivity contribution in [2.45, 2.75) is 18.2 Å². The lowest BCUT2D eigenvalue weighted by atomic mass is 10.2. The van der Waals surface area contributed by atoms with Crippen molar-refractivity contribution < 1.29 is 22.9 Å². The number of nitro groups is 1. The van der Waals surface area contributed by atoms with E-state index in [0.717, 1.165) is 0 Å². The number of nitrogens with zero attached hydrogens (tertiary/aromatic N) is 2. The Hall–Kier alpha value is -3.27. The average molecular weight is 389 g/mol. The molecule has 0 atom stereocenters. The van der Waals surface area contributed by atoms with Gasteiger partial charge in [-0.15, -0.1) is 0 Å². The number of carbonyl (C=O) groups excluding carboxylic acids is 2. The molecule has 0 unspecified atom stereocenters. The molecule has 1 aliphatic heterocycles. The van der Waals surface area contributed by atoms with Gasteiger partial charge >= 0.3 is 0 Å². The summed E-state index contributed by atoms with van der Waals surface area (Å²) in [6.45, 7) is 1.32. The van der Waals surface area contributed by atoms with Gasteiger partial charge in [0.25, 0.3) is 21.6 Å². The first-order valence-electron chi connectivity index (χ1n) is 7.93. The van der Waals surface area contributed by atoms with Crippen LogP contribution in [0.5, 0.6) is 0 Å². The minimum atomic E-state index is -4.00. The van der Waals surface area contributed by atoms with E-state index in [1.807, 2.05) is 0 Å². The van der Waals surface area contributed by atoms with E-state index in [2.05, 4.69) is 5.32 Å². The summed E-state index contributed by atoms with van der Waals surface area (Å²) in [5.41, 5.74) is 0.466. The quantitative estimate of drug-likeness (QED) is 0.616. The molecule has 2 aromatic carbocycles. The molecule has 0 bridgehead atoms. The van der Waals surface area contributed by atoms with E-state index in [4.69, 9.17) is 0 Å². The van der Waals surface area contributed by atoms with Gasteiger partial charge in [0, 0.05) is 19.0 Å². The summed E-state index contributed by atoms with van der Waals surface area (Å²) in [6.07, 6.45) is -0.329. The van der Waals surface area contributed by atoms with E-state index in [1.165, 1.54) is 30.3 Å². The van der Waals surface area contributed by atoms with Crippen LogP contribution in [0.4, 0.5) is 11.4 Å². The summed E-state index contributed by atoms with van der Waals surface area (Å²) in [6, 6.07) is 10.1. The molecule has 140 valence electrons. The van der Waals surface area contributed by atoms with E-state index < -0.39 is 26.8 Å². The zero-order valence-corrected chi connectivity index (χ0v) is 15.0. The Kier molecular flexibility index (Phi) is 4.66. The Morgan fingerprint density at radius 3 is 2.59 bits per heavy atom. The standard InChI is InChI=1S/C17H15N3O6S/c1-11-6-7-13(14(10-11)20(23)24)18-16(21)8-9-19-17(22)12-4-2-3-5-15(12)27(19,25)26/h2-7,10H,8-9H2,1H3,(H,18,21). The number of nitrogens with one attached hydrogen (secondary N) is 1. The predicted molar refractivity (Wildman–Crippen MR) is 95.7 cm³/mol. The fourth-order valence-electron chi connectivity index (χ4n) is 2.77. The maximum atomic E-state index is 12.4. The van der Waals surface area contributed by atoms with E-state index in [0.29, 0.717) is 9.87 Å². The molecule has 9 nitrogen and oxygen atoms in total. The third kappa shape index (κ3) is 3.38. The van der Waals surface area contributed by atoms with Crippen LogP contribution in [-0.4, -0.2) is 36.0 Å². The molecule has 0 radical (unpaired) electrons. The number of benzene rings is 2. The topological polar surface area (TPSA) is 127 Å². The molecule has 1 heterocycles. The first-order valence-corrected chi connectivity index (χ1v) is 9.37. The van der Waals surface area contributed by atoms with E-state index in [-0.39, 0.29) is 34.8 Å². The Labute approximate surface area is 154 Å². The van der Waals surface area contributed by atoms with Crippen molar-refractivity contribution in [3.05, 3.63) is 63.7 Å². The highest BCUT2D eigenvalue weighted by atomic mass is 32.2. The fourth-order valence-corrected chi connectivity index (χ4v) is 4.34. The van der Waals surface area contributed by atoms with Gasteiger partial charge in [0.15, 0.2) is 0 Å². The fraction of sp³-hybridized carbons (Fsp3) is 0.176. The van der Waals surface area contributed by atoms with Crippen molar-refractivity contribution in [2.75, 3.05) is 11.9 Å². The summed E-state index contributed by atoms with van der Waals surface area (Å²) in [5, 5.41) is 13.5. The second-order valence-electron chi connectivity index (χ2n) is 5.95. The monoisotopic (exact) mass is 389 g/mol. The van der Waals surface area contributed by atoms with Crippen LogP contribution in [0, 0.1) is 17.0 Å². The minimum Gasteiger partial charge on any atom is -0.320 e. The van der Waals surface area contributed by atoms with Crippen LogP contribution in [-0.2, 0) is 14.8 Å². The molecule has 0 saturated heterocycles. The molecule has 0 aromatic heterocycles. The molecule has 1 N–H and O–H groups in total. The number of fused-ring (bicyclic) bond motifs is 1. The molecule has 3 rings (SSSR count). The second-order valence-corrected chi connectivity index (χ2v) is 7.79. The van der Waals surface area contributed by atoms with Crippen LogP contribution in [0.25, 0.3) is 0 Å². The van der Waals surface area contributed by atoms with Gasteiger partial charge in [0.1, 0.15) is 10.6 Å². The number of sulfonamides is 1. The maximum absolute atomic E-state index is 12.4. The van der Waals surface area contributed by atoms with Gasteiger partial charge < -0.3 is 5.32 Å². The summed E-state index contributed by atoms with van der Waals surface area (Å²) in [4.78, 5) is 34.8. The van der Waals surface area contributed by atoms with Gasteiger partial charge in [0.2, 0.25) is 5.91 Å². The Morgan fingerprint density at radius 2 is 1.93 bits per heavy atom. The summed E-state index contributed by atoms with van der Waals surface area (Å²) in [5.74, 6) is -1.33. The maximum Gasteiger partial charge on any atom is 0.293 e. The molecule has 0 aliphatic carbocycles. The number of rotatable bonds is 5. The number of carbonyl (C=O) groups is 2. The van der Waals surface area contributed by atoms with Gasteiger partial charge in [-0.2, -0.15) is 0 Å². The van der Waals surface area contributed by atoms with Crippen LogP contribution in [0.2, 0.25) is 0 Å². The number of anilines is 1. The lowest BCUT2D eigenvalue weighted by Gasteiger charge is -2.14. The van der Waals surface area contributed by atoms with E-state index >= 15 is 0 Å². The highest BCUT2D eigenvalue weighted by molar-refractivity contribution is 7.90. The van der Waals surface area contributed by atoms with E-state index in [9.17, 15) is 28.1 Å². The van der Waals surface area contributed by atoms with Crippen LogP contribution >= 0.6 is 0 Å². The first-order chi connectivity index (χ1) is 12.7. The van der Waals surface area contributed by atoms with Crippen molar-refractivity contribution in [3.8, 4) is 0 Å². The highest BCUT2D eigenvalue weighted by Gasteiger charge is 2.40. The number of aryl methyl sites for hydroxylation is 1. The molecule has 0 spiro atoms. The van der Waals surface area contributed by atoms with Crippen LogP contribution in [0.15, 0.2) is 47.4 Å². The normalized spacial score (nSPS) is 14.7. The van der Waals surface area contributed by atoms with E-state index in [1.54, 1.807) is 19.1 Å². The third-order valence-electron chi connectivity index (χ3n) is 4.08. The van der Waals surface area contributed by atoms with Crippen LogP contribution in [0.1, 0.15) is 22.3 Å². The smallest absolute Gasteiger partial charge is 0.293 e. The molecule has 10 heteroatoms. The Bertz CT molecular complexity index is 1060. The molecule has 27 heavy (non-hydrogen) atoms. The van der Waals surface area contributed by atoms with Gasteiger partial charge in [0.05, 0.1) is 10.5 Å². The zero-order valence-electron chi connectivity index (χ0n) is 14.2. The molecule has 0 saturated carbocycles. The average Bonchev–Trinajstić information content (AvgIpc) is 2.81. The lowest BCUT2D eigenvalue weighted by molar-refractivity contribution is -0.384. The summed E-state index contributed by atoms with van der Waals surface area (Å²) in [7, 11) is -4.00. The molecular weight excluding hydrogens is 374 g/mol. The minimum absolute atomic E-state index is 0.00879. The number of hydrogen-bond donors (Lipinski definition) is 1. The number of nitro benzene ring substituents is 1. The van der Waals surface area contributed by atoms with Crippen molar-refractivity contribution in [3.63, 3.8) is 0 Å². The SMILES string of the molecule is Cc1ccc(NC(=O)CCN2C(=O)c3ccccc3S2(=O)=O)c([N+](=O)[O-])c1. The molecule has 2 aromatic rings. The third-order valence-corrected chi connectivity index (χ3v) is 5.92. The van der Waals surface area contributed by atoms with Crippen molar-refractivity contribution >= 4 is 33.2 Å². The molecule has 2 amide bonds. The van der Waals surface area contributed by atoms with Crippen LogP contribution in [0.3, 0.4) is 0 Å². The molecule has 0 fully saturated rings. The van der Waals surface area contributed by atoms with Gasteiger partial charge in [-0.1, -0.05) is 18.2 Å². The Balaban J connectivity index is 1.73. The van der Waals surface area contributed by atoms with Gasteiger partial charge in [-0.05, 0) is 30.7 Å².